The number of hydrogen-bond acceptors (Lipinski definition) is 7. The van der Waals surface area contributed by atoms with Crippen molar-refractivity contribution < 1.29 is 9.53 Å². The molecule has 6 nitrogen and oxygen atoms in total. The van der Waals surface area contributed by atoms with Crippen LogP contribution in [0.15, 0.2) is 18.2 Å². The van der Waals surface area contributed by atoms with Gasteiger partial charge < -0.3 is 4.74 Å². The number of carbonyl (C=O) groups is 1. The van der Waals surface area contributed by atoms with Crippen LogP contribution in [-0.2, 0) is 4.74 Å². The average Bonchev–Trinajstić information content (AvgIpc) is 3.27. The molecule has 0 aliphatic carbocycles. The second-order valence-corrected chi connectivity index (χ2v) is 10.5. The van der Waals surface area contributed by atoms with Gasteiger partial charge in [0.15, 0.2) is 0 Å². The Bertz CT molecular complexity index is 931. The van der Waals surface area contributed by atoms with E-state index < -0.39 is 0 Å². The number of carbonyl (C=O) groups excluding carboxylic acids is 1. The highest BCUT2D eigenvalue weighted by atomic mass is 32.1. The van der Waals surface area contributed by atoms with E-state index in [1.54, 1.807) is 0 Å². The maximum atomic E-state index is 12.7. The van der Waals surface area contributed by atoms with E-state index in [-0.39, 0.29) is 5.97 Å². The average molecular weight is 427 g/mol. The summed E-state index contributed by atoms with van der Waals surface area (Å²) in [4.78, 5) is 18.3. The van der Waals surface area contributed by atoms with Crippen LogP contribution in [-0.4, -0.2) is 70.2 Å². The molecule has 160 valence electrons. The molecule has 4 aliphatic rings. The Balaban J connectivity index is 1.11. The van der Waals surface area contributed by atoms with Gasteiger partial charge in [-0.3, -0.25) is 9.80 Å². The molecule has 6 rings (SSSR count). The second-order valence-electron chi connectivity index (χ2n) is 9.72. The molecule has 0 bridgehead atoms. The van der Waals surface area contributed by atoms with Crippen molar-refractivity contribution in [1.29, 1.82) is 0 Å². The van der Waals surface area contributed by atoms with Crippen molar-refractivity contribution in [3.05, 3.63) is 23.8 Å². The summed E-state index contributed by atoms with van der Waals surface area (Å²) in [6.07, 6.45) is 7.98. The van der Waals surface area contributed by atoms with Crippen LogP contribution in [0.5, 0.6) is 0 Å². The Hall–Kier alpha value is -1.57. The van der Waals surface area contributed by atoms with Gasteiger partial charge in [0, 0.05) is 31.1 Å². The van der Waals surface area contributed by atoms with E-state index in [2.05, 4.69) is 19.4 Å². The number of esters is 1. The topological polar surface area (TPSA) is 58.6 Å². The van der Waals surface area contributed by atoms with E-state index in [9.17, 15) is 4.79 Å². The van der Waals surface area contributed by atoms with Gasteiger partial charge in [0.05, 0.1) is 16.9 Å². The molecule has 0 amide bonds. The van der Waals surface area contributed by atoms with Crippen LogP contribution < -0.4 is 0 Å². The summed E-state index contributed by atoms with van der Waals surface area (Å²) >= 11 is 1.26. The van der Waals surface area contributed by atoms with Crippen molar-refractivity contribution >= 4 is 27.7 Å². The highest BCUT2D eigenvalue weighted by Gasteiger charge is 2.49. The van der Waals surface area contributed by atoms with Gasteiger partial charge in [0.1, 0.15) is 5.52 Å². The molecule has 0 N–H and O–H groups in total. The molecular weight excluding hydrogens is 396 g/mol. The molecule has 7 heteroatoms. The molecule has 5 atom stereocenters. The van der Waals surface area contributed by atoms with Gasteiger partial charge in [0.25, 0.3) is 0 Å². The third kappa shape index (κ3) is 3.26. The fraction of sp³-hybridized carbons (Fsp3) is 0.696. The Labute approximate surface area is 181 Å². The summed E-state index contributed by atoms with van der Waals surface area (Å²) in [6, 6.07) is 7.16. The van der Waals surface area contributed by atoms with E-state index in [1.807, 2.05) is 18.2 Å². The molecule has 30 heavy (non-hydrogen) atoms. The van der Waals surface area contributed by atoms with Crippen molar-refractivity contribution in [2.45, 2.75) is 50.6 Å². The summed E-state index contributed by atoms with van der Waals surface area (Å²) in [5, 5.41) is 4.07. The van der Waals surface area contributed by atoms with Crippen LogP contribution in [0.1, 0.15) is 48.9 Å². The molecule has 4 fully saturated rings. The van der Waals surface area contributed by atoms with Crippen molar-refractivity contribution in [2.75, 3.05) is 32.8 Å². The fourth-order valence-corrected chi connectivity index (χ4v) is 7.55. The molecule has 1 aromatic heterocycles. The number of piperidine rings is 4. The number of benzene rings is 1. The molecule has 0 saturated carbocycles. The Morgan fingerprint density at radius 3 is 2.93 bits per heavy atom. The summed E-state index contributed by atoms with van der Waals surface area (Å²) in [6.45, 7) is 5.51. The number of hydrogen-bond donors (Lipinski definition) is 0. The first-order valence-electron chi connectivity index (χ1n) is 11.6. The maximum absolute atomic E-state index is 12.7. The highest BCUT2D eigenvalue weighted by Crippen LogP contribution is 2.45. The van der Waals surface area contributed by atoms with E-state index in [1.165, 1.54) is 69.7 Å². The maximum Gasteiger partial charge on any atom is 0.339 e. The molecule has 4 aliphatic heterocycles. The van der Waals surface area contributed by atoms with E-state index in [4.69, 9.17) is 4.74 Å². The predicted octanol–water partition coefficient (Wildman–Crippen LogP) is 3.43. The Morgan fingerprint density at radius 2 is 2.00 bits per heavy atom. The van der Waals surface area contributed by atoms with E-state index in [0.717, 1.165) is 40.7 Å². The summed E-state index contributed by atoms with van der Waals surface area (Å²) < 4.78 is 10.6. The second kappa shape index (κ2) is 7.84. The zero-order valence-electron chi connectivity index (χ0n) is 17.4. The molecular formula is C23H30N4O2S. The summed E-state index contributed by atoms with van der Waals surface area (Å²) in [5.41, 5.74) is 1.37. The number of nitrogens with zero attached hydrogens (tertiary/aromatic N) is 4. The lowest BCUT2D eigenvalue weighted by atomic mass is 9.67. The first kappa shape index (κ1) is 19.1. The van der Waals surface area contributed by atoms with Gasteiger partial charge in [-0.1, -0.05) is 10.6 Å². The first-order valence-corrected chi connectivity index (χ1v) is 12.4. The third-order valence-corrected chi connectivity index (χ3v) is 8.86. The molecule has 4 saturated heterocycles. The smallest absolute Gasteiger partial charge is 0.339 e. The van der Waals surface area contributed by atoms with Crippen LogP contribution in [0, 0.1) is 17.8 Å². The van der Waals surface area contributed by atoms with Crippen molar-refractivity contribution in [1.82, 2.24) is 19.4 Å². The zero-order valence-corrected chi connectivity index (χ0v) is 18.2. The Kier molecular flexibility index (Phi) is 5.00. The van der Waals surface area contributed by atoms with Crippen LogP contribution in [0.3, 0.4) is 0 Å². The van der Waals surface area contributed by atoms with E-state index >= 15 is 0 Å². The third-order valence-electron chi connectivity index (χ3n) is 8.09. The van der Waals surface area contributed by atoms with Crippen LogP contribution >= 0.6 is 11.5 Å². The van der Waals surface area contributed by atoms with Gasteiger partial charge in [-0.2, -0.15) is 0 Å². The number of aromatic nitrogens is 2. The lowest BCUT2D eigenvalue weighted by molar-refractivity contribution is -0.0970. The van der Waals surface area contributed by atoms with Gasteiger partial charge in [0.2, 0.25) is 0 Å². The minimum absolute atomic E-state index is 0.234. The highest BCUT2D eigenvalue weighted by molar-refractivity contribution is 7.13. The van der Waals surface area contributed by atoms with Crippen LogP contribution in [0.2, 0.25) is 0 Å². The predicted molar refractivity (Wildman–Crippen MR) is 117 cm³/mol. The molecule has 5 heterocycles. The van der Waals surface area contributed by atoms with Crippen LogP contribution in [0.4, 0.5) is 0 Å². The Morgan fingerprint density at radius 1 is 1.10 bits per heavy atom. The standard InChI is InChI=1S/C23H30N4O2S/c28-23(18-5-1-7-19-22(18)30-25-24-19)29-14-15-8-9-20-17-6-3-11-26-10-2-4-16(21(17)26)13-27(20)12-15/h1,5,7,15-17,20-21H,2-4,6,8-14H2/t15-,16-,17+,20+,21-/m0/s1. The van der Waals surface area contributed by atoms with Gasteiger partial charge in [-0.15, -0.1) is 5.10 Å². The van der Waals surface area contributed by atoms with Crippen LogP contribution in [0.25, 0.3) is 10.2 Å². The molecule has 0 spiro atoms. The lowest BCUT2D eigenvalue weighted by Crippen LogP contribution is -2.66. The van der Waals surface area contributed by atoms with Gasteiger partial charge >= 0.3 is 5.97 Å². The minimum Gasteiger partial charge on any atom is -0.462 e. The molecule has 0 unspecified atom stereocenters. The van der Waals surface area contributed by atoms with Gasteiger partial charge in [-0.25, -0.2) is 4.79 Å². The SMILES string of the molecule is O=C(OC[C@H]1CC[C@@H]2[C@H]3CCCN4CCC[C@@H](CN2C1)[C@@H]34)c1cccc2nnsc12. The van der Waals surface area contributed by atoms with Crippen molar-refractivity contribution in [3.8, 4) is 0 Å². The lowest BCUT2D eigenvalue weighted by Gasteiger charge is -2.59. The largest absolute Gasteiger partial charge is 0.462 e. The summed E-state index contributed by atoms with van der Waals surface area (Å²) in [7, 11) is 0. The number of ether oxygens (including phenoxy) is 1. The monoisotopic (exact) mass is 426 g/mol. The molecule has 0 radical (unpaired) electrons. The number of fused-ring (bicyclic) bond motifs is 3. The van der Waals surface area contributed by atoms with Gasteiger partial charge in [-0.05, 0) is 87.1 Å². The first-order chi connectivity index (χ1) is 14.8. The fourth-order valence-electron chi connectivity index (χ4n) is 6.89. The zero-order chi connectivity index (χ0) is 20.1. The quantitative estimate of drug-likeness (QED) is 0.701. The molecule has 1 aromatic carbocycles. The van der Waals surface area contributed by atoms with Crippen molar-refractivity contribution in [3.63, 3.8) is 0 Å². The number of rotatable bonds is 3. The van der Waals surface area contributed by atoms with E-state index in [0.29, 0.717) is 18.1 Å². The minimum atomic E-state index is -0.234. The summed E-state index contributed by atoms with van der Waals surface area (Å²) in [5.74, 6) is 1.92. The van der Waals surface area contributed by atoms with Crippen molar-refractivity contribution in [2.24, 2.45) is 17.8 Å². The molecule has 2 aromatic rings. The normalized spacial score (nSPS) is 34.3.